The maximum Gasteiger partial charge on any atom is 0.335 e. The quantitative estimate of drug-likeness (QED) is 0.148. The summed E-state index contributed by atoms with van der Waals surface area (Å²) < 4.78 is 54.2. The second-order valence-corrected chi connectivity index (χ2v) is 27.5. The summed E-state index contributed by atoms with van der Waals surface area (Å²) in [6, 6.07) is 4.73. The molecular weight excluding hydrogens is 1120 g/mol. The van der Waals surface area contributed by atoms with E-state index in [1.165, 1.54) is 21.3 Å². The number of nitriles is 2. The summed E-state index contributed by atoms with van der Waals surface area (Å²) in [4.78, 5) is 65.2. The number of allylic oxidation sites excluding steroid dienone is 1. The average Bonchev–Trinajstić information content (AvgIpc) is 1.64. The molecule has 6 aliphatic heterocycles. The van der Waals surface area contributed by atoms with Crippen molar-refractivity contribution in [2.75, 3.05) is 21.3 Å². The van der Waals surface area contributed by atoms with Crippen molar-refractivity contribution in [3.05, 3.63) is 83.1 Å². The number of carbonyl (C=O) groups excluding carboxylic acids is 5. The molecule has 12 rings (SSSR count). The molecule has 2 unspecified atom stereocenters. The smallest absolute Gasteiger partial charge is 0.335 e. The highest BCUT2D eigenvalue weighted by Gasteiger charge is 2.71. The molecule has 12 aliphatic rings. The number of carbonyl (C=O) groups is 5. The average molecular weight is 1220 g/mol. The number of Topliss-reactive ketones (excluding diaryl/α,β-unsaturated/α-hetero) is 2. The minimum Gasteiger partial charge on any atom is -0.460 e. The van der Waals surface area contributed by atoms with Gasteiger partial charge in [-0.25, -0.2) is 14.4 Å². The highest BCUT2D eigenvalue weighted by Crippen LogP contribution is 2.64. The van der Waals surface area contributed by atoms with E-state index in [1.54, 1.807) is 0 Å². The number of hydrogen-bond donors (Lipinski definition) is 1. The fourth-order valence-electron chi connectivity index (χ4n) is 18.5. The van der Waals surface area contributed by atoms with Crippen molar-refractivity contribution in [3.8, 4) is 12.1 Å². The highest BCUT2D eigenvalue weighted by molar-refractivity contribution is 6.00. The summed E-state index contributed by atoms with van der Waals surface area (Å²) in [5, 5.41) is 30.9. The Balaban J connectivity index is 0.000000146. The van der Waals surface area contributed by atoms with Gasteiger partial charge < -0.3 is 47.7 Å². The van der Waals surface area contributed by atoms with Crippen LogP contribution in [0.4, 0.5) is 0 Å². The van der Waals surface area contributed by atoms with Gasteiger partial charge in [-0.15, -0.1) is 0 Å². The second kappa shape index (κ2) is 25.4. The Morgan fingerprint density at radius 3 is 1.38 bits per heavy atom. The molecule has 3 spiro atoms. The maximum atomic E-state index is 13.5. The number of aliphatic hydroxyl groups is 1. The zero-order valence-corrected chi connectivity index (χ0v) is 54.1. The third-order valence-electron chi connectivity index (χ3n) is 23.1. The summed E-state index contributed by atoms with van der Waals surface area (Å²) in [6.07, 6.45) is 20.1. The first kappa shape index (κ1) is 65.6. The molecule has 0 aromatic rings. The molecule has 12 bridgehead atoms. The molecule has 5 fully saturated rings. The molecule has 0 radical (unpaired) electrons. The molecule has 6 aliphatic carbocycles. The first-order valence-electron chi connectivity index (χ1n) is 32.5. The van der Waals surface area contributed by atoms with E-state index in [0.717, 1.165) is 28.7 Å². The lowest BCUT2D eigenvalue weighted by atomic mass is 9.56. The SMILES string of the molecule is CC[C@H]1OC(=O)[C@@H](OC)C[C@H]2C=C[C@H]3[C@@H]4C=C(C)C(=O)[C@H]3[C@]2(O4)/C(C)=C/[C@H]1C.CC[C@H]1OC(=O)[C@@H](OC)C[C@H]2C=C[C@H]3[C@H]4O[C@]2(/C(C)=C/[C@H]1C)[C@@H]3C(=O)C(C)[C@H]4C#N.CC[C@H]1OC(=O)[C@@H](OC)C[C@H]2C=C[C@H]3[C@H]4O[C@]2(/C(C)=C/[C@H]1C)[C@@H]3[C@H](O)C(C)[C@H]4C#N. The minimum atomic E-state index is -0.845. The largest absolute Gasteiger partial charge is 0.460 e. The predicted octanol–water partition coefficient (Wildman–Crippen LogP) is 9.63. The van der Waals surface area contributed by atoms with Crippen LogP contribution >= 0.6 is 0 Å². The monoisotopic (exact) mass is 1210 g/mol. The summed E-state index contributed by atoms with van der Waals surface area (Å²) >= 11 is 0. The highest BCUT2D eigenvalue weighted by atomic mass is 16.6. The molecule has 0 aromatic heterocycles. The zero-order valence-electron chi connectivity index (χ0n) is 54.1. The number of ether oxygens (including phenoxy) is 9. The van der Waals surface area contributed by atoms with Crippen LogP contribution in [0.1, 0.15) is 122 Å². The van der Waals surface area contributed by atoms with Crippen LogP contribution in [-0.4, -0.2) is 134 Å². The summed E-state index contributed by atoms with van der Waals surface area (Å²) in [5.74, 6) is -3.42. The number of ketones is 2. The number of methoxy groups -OCH3 is 3. The predicted molar refractivity (Wildman–Crippen MR) is 323 cm³/mol. The Labute approximate surface area is 520 Å². The maximum absolute atomic E-state index is 13.5. The lowest BCUT2D eigenvalue weighted by Gasteiger charge is -2.48. The van der Waals surface area contributed by atoms with E-state index in [9.17, 15) is 39.6 Å². The molecule has 0 amide bonds. The molecule has 29 atom stereocenters. The molecule has 17 nitrogen and oxygen atoms in total. The van der Waals surface area contributed by atoms with E-state index in [0.29, 0.717) is 32.1 Å². The van der Waals surface area contributed by atoms with Gasteiger partial charge in [-0.3, -0.25) is 9.59 Å². The lowest BCUT2D eigenvalue weighted by Crippen LogP contribution is -2.55. The normalized spacial score (nSPS) is 49.5. The molecule has 2 saturated carbocycles. The van der Waals surface area contributed by atoms with Crippen LogP contribution in [0.15, 0.2) is 83.1 Å². The van der Waals surface area contributed by atoms with Gasteiger partial charge in [-0.2, -0.15) is 10.5 Å². The first-order valence-corrected chi connectivity index (χ1v) is 32.5. The number of hydrogen-bond acceptors (Lipinski definition) is 17. The van der Waals surface area contributed by atoms with Gasteiger partial charge in [0.25, 0.3) is 0 Å². The Morgan fingerprint density at radius 2 is 0.932 bits per heavy atom. The molecule has 88 heavy (non-hydrogen) atoms. The van der Waals surface area contributed by atoms with Gasteiger partial charge in [-0.05, 0) is 94.6 Å². The van der Waals surface area contributed by atoms with Crippen LogP contribution in [0, 0.1) is 117 Å². The van der Waals surface area contributed by atoms with Crippen LogP contribution in [-0.2, 0) is 66.6 Å². The van der Waals surface area contributed by atoms with Gasteiger partial charge in [-0.1, -0.05) is 110 Å². The van der Waals surface area contributed by atoms with Crippen molar-refractivity contribution in [2.24, 2.45) is 94.7 Å². The van der Waals surface area contributed by atoms with Crippen LogP contribution in [0.3, 0.4) is 0 Å². The van der Waals surface area contributed by atoms with E-state index in [-0.39, 0.29) is 155 Å². The van der Waals surface area contributed by atoms with E-state index in [1.807, 2.05) is 74.5 Å². The fraction of sp³-hybridized carbons (Fsp3) is 0.704. The van der Waals surface area contributed by atoms with Gasteiger partial charge in [0.05, 0.1) is 60.2 Å². The Hall–Kier alpha value is -5.37. The van der Waals surface area contributed by atoms with Crippen LogP contribution in [0.2, 0.25) is 0 Å². The Morgan fingerprint density at radius 1 is 0.534 bits per heavy atom. The summed E-state index contributed by atoms with van der Waals surface area (Å²) in [7, 11) is 4.58. The number of aliphatic hydroxyl groups excluding tert-OH is 1. The number of rotatable bonds is 6. The van der Waals surface area contributed by atoms with Crippen molar-refractivity contribution >= 4 is 29.5 Å². The van der Waals surface area contributed by atoms with Gasteiger partial charge in [0.2, 0.25) is 0 Å². The van der Waals surface area contributed by atoms with Gasteiger partial charge in [0, 0.05) is 92.3 Å². The van der Waals surface area contributed by atoms with Crippen molar-refractivity contribution in [2.45, 2.75) is 199 Å². The van der Waals surface area contributed by atoms with E-state index >= 15 is 0 Å². The van der Waals surface area contributed by atoms with Crippen molar-refractivity contribution in [3.63, 3.8) is 0 Å². The molecular formula is C71H94N2O15. The Kier molecular flexibility index (Phi) is 18.9. The first-order chi connectivity index (χ1) is 41.9. The third kappa shape index (κ3) is 10.3. The van der Waals surface area contributed by atoms with Crippen LogP contribution < -0.4 is 0 Å². The molecule has 0 aromatic carbocycles. The third-order valence-corrected chi connectivity index (χ3v) is 23.1. The van der Waals surface area contributed by atoms with E-state index in [4.69, 9.17) is 42.6 Å². The van der Waals surface area contributed by atoms with Gasteiger partial charge >= 0.3 is 17.9 Å². The van der Waals surface area contributed by atoms with Crippen LogP contribution in [0.5, 0.6) is 0 Å². The number of esters is 3. The van der Waals surface area contributed by atoms with Gasteiger partial charge in [0.15, 0.2) is 24.1 Å². The van der Waals surface area contributed by atoms with Crippen molar-refractivity contribution in [1.29, 1.82) is 10.5 Å². The molecule has 1 N–H and O–H groups in total. The van der Waals surface area contributed by atoms with Gasteiger partial charge in [0.1, 0.15) is 40.9 Å². The second-order valence-electron chi connectivity index (χ2n) is 27.5. The van der Waals surface area contributed by atoms with Crippen molar-refractivity contribution < 1.29 is 71.7 Å². The molecule has 6 heterocycles. The minimum absolute atomic E-state index is 0.000629. The molecule has 3 saturated heterocycles. The standard InChI is InChI=1S/C24H33NO5.C24H31NO5.C23H30O5/c2*1-6-18-12(2)9-13(3)24-15(10-19(28-5)23(27)29-18)7-8-16-20(24)21(26)14(4)17(11-25)22(16)30-24;1-6-17-12(2)9-14(4)23-15(11-19(26-5)22(25)27-17)7-8-16-18(28-23)10-13(3)21(24)20(16)23/h7-9,12,14-22,26H,6,10H2,1-5H3;7-9,12,14-20,22H,6,10H2,1-5H3;7-10,12,15-20H,6,11H2,1-5H3/b2*13-9+;14-9+/t12-,14?,15-,16-,17-,18-,19+,20+,21-,22-,24+;12-,14?,15-,16-,17-,18-,19+,20+,22-,24+;12-,15-,16+,17-,18+,19+,20+,23+/m111/s1. The number of cyclic esters (lactones) is 3. The summed E-state index contributed by atoms with van der Waals surface area (Å²) in [5.41, 5.74) is 1.58. The van der Waals surface area contributed by atoms with Crippen molar-refractivity contribution in [1.82, 2.24) is 0 Å². The zero-order chi connectivity index (χ0) is 63.8. The fourth-order valence-corrected chi connectivity index (χ4v) is 18.5. The summed E-state index contributed by atoms with van der Waals surface area (Å²) in [6.45, 7) is 24.0. The lowest BCUT2D eigenvalue weighted by molar-refractivity contribution is -0.167. The molecule has 17 heteroatoms. The number of nitrogens with zero attached hydrogens (tertiary/aromatic N) is 2. The molecule has 478 valence electrons. The Bertz CT molecular complexity index is 3050. The van der Waals surface area contributed by atoms with Crippen LogP contribution in [0.25, 0.3) is 0 Å². The topological polar surface area (TPSA) is 236 Å². The van der Waals surface area contributed by atoms with E-state index < -0.39 is 47.1 Å². The van der Waals surface area contributed by atoms with E-state index in [2.05, 4.69) is 81.5 Å².